The summed E-state index contributed by atoms with van der Waals surface area (Å²) in [5.74, 6) is 1.25. The molecule has 0 aliphatic rings. The number of rotatable bonds is 6. The van der Waals surface area contributed by atoms with Crippen molar-refractivity contribution in [3.05, 3.63) is 28.2 Å². The number of nitrogens with zero attached hydrogens (tertiary/aromatic N) is 1. The summed E-state index contributed by atoms with van der Waals surface area (Å²) < 4.78 is 1.05. The molecule has 1 rings (SSSR count). The lowest BCUT2D eigenvalue weighted by atomic mass is 10.1. The van der Waals surface area contributed by atoms with Crippen LogP contribution in [0.5, 0.6) is 0 Å². The van der Waals surface area contributed by atoms with Gasteiger partial charge >= 0.3 is 0 Å². The molecule has 0 bridgehead atoms. The predicted molar refractivity (Wildman–Crippen MR) is 91.9 cm³/mol. The largest absolute Gasteiger partial charge is 0.389 e. The Balaban J connectivity index is 3.04. The zero-order chi connectivity index (χ0) is 14.6. The molecule has 1 aromatic carbocycles. The number of halogens is 1. The number of nitrogens with two attached hydrogens (primary N) is 1. The Morgan fingerprint density at radius 3 is 2.11 bits per heavy atom. The van der Waals surface area contributed by atoms with Crippen molar-refractivity contribution in [2.75, 3.05) is 18.0 Å². The average molecular weight is 343 g/mol. The van der Waals surface area contributed by atoms with E-state index in [1.807, 2.05) is 12.1 Å². The normalized spacial score (nSPS) is 11.1. The van der Waals surface area contributed by atoms with Crippen LogP contribution in [0.25, 0.3) is 0 Å². The first-order chi connectivity index (χ1) is 8.81. The third-order valence-corrected chi connectivity index (χ3v) is 3.61. The van der Waals surface area contributed by atoms with E-state index in [4.69, 9.17) is 18.0 Å². The van der Waals surface area contributed by atoms with Gasteiger partial charge in [0.2, 0.25) is 0 Å². The summed E-state index contributed by atoms with van der Waals surface area (Å²) >= 11 is 8.65. The van der Waals surface area contributed by atoms with Crippen molar-refractivity contribution in [2.24, 2.45) is 17.6 Å². The highest BCUT2D eigenvalue weighted by molar-refractivity contribution is 9.10. The van der Waals surface area contributed by atoms with Crippen LogP contribution in [0.3, 0.4) is 0 Å². The van der Waals surface area contributed by atoms with Crippen molar-refractivity contribution < 1.29 is 0 Å². The second-order valence-corrected chi connectivity index (χ2v) is 7.02. The molecule has 1 aromatic rings. The molecule has 0 spiro atoms. The molecule has 106 valence electrons. The van der Waals surface area contributed by atoms with Crippen molar-refractivity contribution in [2.45, 2.75) is 27.7 Å². The second-order valence-electron chi connectivity index (χ2n) is 5.72. The lowest BCUT2D eigenvalue weighted by Crippen LogP contribution is -2.31. The third kappa shape index (κ3) is 5.11. The maximum absolute atomic E-state index is 5.67. The first-order valence-corrected chi connectivity index (χ1v) is 7.85. The Labute approximate surface area is 130 Å². The Bertz CT molecular complexity index is 434. The predicted octanol–water partition coefficient (Wildman–Crippen LogP) is 4.20. The molecule has 0 radical (unpaired) electrons. The first kappa shape index (κ1) is 16.4. The minimum atomic E-state index is 0.437. The fraction of sp³-hybridized carbons (Fsp3) is 0.533. The topological polar surface area (TPSA) is 29.3 Å². The van der Waals surface area contributed by atoms with Gasteiger partial charge in [-0.3, -0.25) is 0 Å². The summed E-state index contributed by atoms with van der Waals surface area (Å²) in [6.45, 7) is 11.1. The quantitative estimate of drug-likeness (QED) is 0.785. The van der Waals surface area contributed by atoms with Crippen molar-refractivity contribution in [3.8, 4) is 0 Å². The Morgan fingerprint density at radius 1 is 1.21 bits per heavy atom. The van der Waals surface area contributed by atoms with Crippen LogP contribution in [0.4, 0.5) is 5.69 Å². The van der Waals surface area contributed by atoms with Crippen molar-refractivity contribution in [1.29, 1.82) is 0 Å². The maximum atomic E-state index is 5.67. The number of hydrogen-bond donors (Lipinski definition) is 1. The molecule has 0 fully saturated rings. The molecule has 2 nitrogen and oxygen atoms in total. The minimum absolute atomic E-state index is 0.437. The van der Waals surface area contributed by atoms with E-state index in [2.05, 4.69) is 54.6 Å². The molecule has 0 heterocycles. The van der Waals surface area contributed by atoms with E-state index < -0.39 is 0 Å². The van der Waals surface area contributed by atoms with Gasteiger partial charge in [-0.1, -0.05) is 39.9 Å². The summed E-state index contributed by atoms with van der Waals surface area (Å²) in [6.07, 6.45) is 0. The van der Waals surface area contributed by atoms with Gasteiger partial charge in [0.15, 0.2) is 0 Å². The van der Waals surface area contributed by atoms with Gasteiger partial charge in [0.05, 0.1) is 5.69 Å². The van der Waals surface area contributed by atoms with Crippen LogP contribution in [-0.2, 0) is 0 Å². The summed E-state index contributed by atoms with van der Waals surface area (Å²) in [5, 5.41) is 0. The van der Waals surface area contributed by atoms with Crippen molar-refractivity contribution in [1.82, 2.24) is 0 Å². The molecule has 0 amide bonds. The van der Waals surface area contributed by atoms with Gasteiger partial charge in [-0.15, -0.1) is 0 Å². The number of anilines is 1. The van der Waals surface area contributed by atoms with Crippen LogP contribution >= 0.6 is 28.1 Å². The van der Waals surface area contributed by atoms with Crippen LogP contribution in [0.15, 0.2) is 22.7 Å². The number of benzene rings is 1. The Hall–Kier alpha value is -0.610. The highest BCUT2D eigenvalue weighted by atomic mass is 79.9. The second kappa shape index (κ2) is 7.25. The van der Waals surface area contributed by atoms with Gasteiger partial charge < -0.3 is 10.6 Å². The molecule has 0 unspecified atom stereocenters. The lowest BCUT2D eigenvalue weighted by Gasteiger charge is -2.29. The SMILES string of the molecule is CC(C)CN(CC(C)C)c1ccc(C(N)=S)cc1Br. The van der Waals surface area contributed by atoms with E-state index >= 15 is 0 Å². The van der Waals surface area contributed by atoms with Gasteiger partial charge in [-0.2, -0.15) is 0 Å². The van der Waals surface area contributed by atoms with E-state index in [0.29, 0.717) is 16.8 Å². The zero-order valence-corrected chi connectivity index (χ0v) is 14.5. The van der Waals surface area contributed by atoms with Crippen LogP contribution < -0.4 is 10.6 Å². The van der Waals surface area contributed by atoms with E-state index in [9.17, 15) is 0 Å². The van der Waals surface area contributed by atoms with Crippen LogP contribution in [0.1, 0.15) is 33.3 Å². The van der Waals surface area contributed by atoms with Gasteiger partial charge in [0.25, 0.3) is 0 Å². The molecular weight excluding hydrogens is 320 g/mol. The molecule has 0 aromatic heterocycles. The van der Waals surface area contributed by atoms with E-state index in [1.54, 1.807) is 0 Å². The molecule has 0 saturated heterocycles. The van der Waals surface area contributed by atoms with E-state index in [-0.39, 0.29) is 0 Å². The number of hydrogen-bond acceptors (Lipinski definition) is 2. The monoisotopic (exact) mass is 342 g/mol. The fourth-order valence-electron chi connectivity index (χ4n) is 2.07. The van der Waals surface area contributed by atoms with Crippen LogP contribution in [0.2, 0.25) is 0 Å². The molecule has 4 heteroatoms. The minimum Gasteiger partial charge on any atom is -0.389 e. The van der Waals surface area contributed by atoms with Crippen LogP contribution in [-0.4, -0.2) is 18.1 Å². The smallest absolute Gasteiger partial charge is 0.104 e. The summed E-state index contributed by atoms with van der Waals surface area (Å²) in [5.41, 5.74) is 7.78. The van der Waals surface area contributed by atoms with Gasteiger partial charge in [-0.05, 0) is 46.0 Å². The van der Waals surface area contributed by atoms with Crippen molar-refractivity contribution in [3.63, 3.8) is 0 Å². The highest BCUT2D eigenvalue weighted by Gasteiger charge is 2.14. The lowest BCUT2D eigenvalue weighted by molar-refractivity contribution is 0.552. The molecule has 0 atom stereocenters. The summed E-state index contributed by atoms with van der Waals surface area (Å²) in [7, 11) is 0. The van der Waals surface area contributed by atoms with Gasteiger partial charge in [-0.25, -0.2) is 0 Å². The summed E-state index contributed by atoms with van der Waals surface area (Å²) in [6, 6.07) is 6.10. The molecule has 2 N–H and O–H groups in total. The maximum Gasteiger partial charge on any atom is 0.104 e. The average Bonchev–Trinajstić information content (AvgIpc) is 2.26. The van der Waals surface area contributed by atoms with Crippen molar-refractivity contribution >= 4 is 38.8 Å². The van der Waals surface area contributed by atoms with E-state index in [1.165, 1.54) is 5.69 Å². The Kier molecular flexibility index (Phi) is 6.27. The van der Waals surface area contributed by atoms with Gasteiger partial charge in [0, 0.05) is 23.1 Å². The molecular formula is C15H23BrN2S. The van der Waals surface area contributed by atoms with Gasteiger partial charge in [0.1, 0.15) is 4.99 Å². The highest BCUT2D eigenvalue weighted by Crippen LogP contribution is 2.28. The molecule has 0 aliphatic carbocycles. The van der Waals surface area contributed by atoms with E-state index in [0.717, 1.165) is 23.1 Å². The fourth-order valence-corrected chi connectivity index (χ4v) is 2.83. The zero-order valence-electron chi connectivity index (χ0n) is 12.1. The molecule has 0 aliphatic heterocycles. The molecule has 0 saturated carbocycles. The number of thiocarbonyl (C=S) groups is 1. The summed E-state index contributed by atoms with van der Waals surface area (Å²) in [4.78, 5) is 2.86. The first-order valence-electron chi connectivity index (χ1n) is 6.65. The van der Waals surface area contributed by atoms with Crippen LogP contribution in [0, 0.1) is 11.8 Å². The third-order valence-electron chi connectivity index (χ3n) is 2.74. The Morgan fingerprint density at radius 2 is 1.74 bits per heavy atom. The molecule has 19 heavy (non-hydrogen) atoms. The standard InChI is InChI=1S/C15H23BrN2S/c1-10(2)8-18(9-11(3)4)14-6-5-12(15(17)19)7-13(14)16/h5-7,10-11H,8-9H2,1-4H3,(H2,17,19).